The number of carboxylic acids is 2. The van der Waals surface area contributed by atoms with E-state index in [4.69, 9.17) is 9.11 Å². The molecular formula is C16H4F10Li2O10S2. The van der Waals surface area contributed by atoms with E-state index in [0.29, 0.717) is 0 Å². The van der Waals surface area contributed by atoms with Gasteiger partial charge in [-0.3, -0.25) is 9.11 Å². The van der Waals surface area contributed by atoms with Crippen LogP contribution >= 0.6 is 0 Å². The average molecular weight is 624 g/mol. The summed E-state index contributed by atoms with van der Waals surface area (Å²) >= 11 is 0. The van der Waals surface area contributed by atoms with Crippen molar-refractivity contribution < 1.29 is 127 Å². The Morgan fingerprint density at radius 2 is 0.625 bits per heavy atom. The van der Waals surface area contributed by atoms with Gasteiger partial charge in [-0.25, -0.2) is 43.9 Å². The SMILES string of the molecule is O=C([O-])C(c1c(F)c(F)c(F)c(F)c1F)S(=O)(=O)O.O=C([O-])C(c1c(F)c(F)c(F)c(F)c1F)S(=O)(=O)O.[Li+].[Li+]. The third kappa shape index (κ3) is 7.91. The van der Waals surface area contributed by atoms with Crippen LogP contribution in [0, 0.1) is 58.2 Å². The Balaban J connectivity index is 0. The number of hydrogen-bond acceptors (Lipinski definition) is 8. The summed E-state index contributed by atoms with van der Waals surface area (Å²) in [4.78, 5) is 20.9. The summed E-state index contributed by atoms with van der Waals surface area (Å²) in [5, 5.41) is 14.0. The van der Waals surface area contributed by atoms with Gasteiger partial charge >= 0.3 is 37.7 Å². The fourth-order valence-electron chi connectivity index (χ4n) is 2.48. The predicted octanol–water partition coefficient (Wildman–Crippen LogP) is -5.87. The Hall–Kier alpha value is -2.31. The van der Waals surface area contributed by atoms with Gasteiger partial charge in [-0.1, -0.05) is 0 Å². The van der Waals surface area contributed by atoms with Crippen molar-refractivity contribution in [2.24, 2.45) is 0 Å². The number of carbonyl (C=O) groups excluding carboxylic acids is 2. The van der Waals surface area contributed by atoms with E-state index in [1.807, 2.05) is 0 Å². The first-order valence-corrected chi connectivity index (χ1v) is 11.4. The van der Waals surface area contributed by atoms with E-state index >= 15 is 0 Å². The Morgan fingerprint density at radius 1 is 0.475 bits per heavy atom. The molecule has 0 radical (unpaired) electrons. The first kappa shape index (κ1) is 39.8. The second-order valence-electron chi connectivity index (χ2n) is 6.40. The molecule has 0 aliphatic rings. The Kier molecular flexibility index (Phi) is 14.0. The van der Waals surface area contributed by atoms with Crippen molar-refractivity contribution in [3.63, 3.8) is 0 Å². The van der Waals surface area contributed by atoms with Crippen LogP contribution in [0.1, 0.15) is 21.6 Å². The van der Waals surface area contributed by atoms with Crippen molar-refractivity contribution in [1.29, 1.82) is 0 Å². The third-order valence-corrected chi connectivity index (χ3v) is 6.08. The van der Waals surface area contributed by atoms with Crippen molar-refractivity contribution in [2.45, 2.75) is 10.5 Å². The first-order valence-electron chi connectivity index (χ1n) is 8.36. The fourth-order valence-corrected chi connectivity index (χ4v) is 3.98. The zero-order valence-corrected chi connectivity index (χ0v) is 20.5. The molecule has 0 saturated carbocycles. The molecule has 10 nitrogen and oxygen atoms in total. The maximum Gasteiger partial charge on any atom is 1.00 e. The molecule has 0 bridgehead atoms. The molecule has 0 heterocycles. The molecule has 0 saturated heterocycles. The molecule has 2 atom stereocenters. The number of rotatable bonds is 6. The minimum atomic E-state index is -5.71. The van der Waals surface area contributed by atoms with Gasteiger partial charge in [0.1, 0.15) is 0 Å². The van der Waals surface area contributed by atoms with Crippen LogP contribution in [0.2, 0.25) is 0 Å². The van der Waals surface area contributed by atoms with E-state index in [-0.39, 0.29) is 37.7 Å². The average Bonchev–Trinajstić information content (AvgIpc) is 2.77. The van der Waals surface area contributed by atoms with Crippen molar-refractivity contribution >= 4 is 32.2 Å². The van der Waals surface area contributed by atoms with Gasteiger partial charge in [0.15, 0.2) is 57.0 Å². The summed E-state index contributed by atoms with van der Waals surface area (Å²) in [5.74, 6) is -31.7. The maximum absolute atomic E-state index is 13.2. The number of hydrogen-bond donors (Lipinski definition) is 2. The number of halogens is 10. The zero-order chi connectivity index (χ0) is 30.2. The third-order valence-electron chi connectivity index (χ3n) is 4.04. The van der Waals surface area contributed by atoms with Crippen molar-refractivity contribution in [2.75, 3.05) is 0 Å². The second kappa shape index (κ2) is 14.0. The van der Waals surface area contributed by atoms with Crippen LogP contribution in [0.4, 0.5) is 43.9 Å². The van der Waals surface area contributed by atoms with Crippen molar-refractivity contribution in [3.05, 3.63) is 69.3 Å². The summed E-state index contributed by atoms with van der Waals surface area (Å²) in [6.45, 7) is 0. The van der Waals surface area contributed by atoms with Gasteiger partial charge < -0.3 is 19.8 Å². The largest absolute Gasteiger partial charge is 1.00 e. The van der Waals surface area contributed by atoms with Gasteiger partial charge in [0, 0.05) is 0 Å². The molecule has 24 heteroatoms. The molecule has 0 spiro atoms. The molecule has 0 aliphatic heterocycles. The van der Waals surface area contributed by atoms with E-state index in [2.05, 4.69) is 0 Å². The smallest absolute Gasteiger partial charge is 0.548 e. The topological polar surface area (TPSA) is 189 Å². The second-order valence-corrected chi connectivity index (χ2v) is 9.40. The van der Waals surface area contributed by atoms with Gasteiger partial charge in [0.25, 0.3) is 20.2 Å². The van der Waals surface area contributed by atoms with Crippen LogP contribution in [0.15, 0.2) is 0 Å². The Labute approximate surface area is 238 Å². The molecule has 0 aliphatic carbocycles. The minimum absolute atomic E-state index is 0. The van der Waals surface area contributed by atoms with E-state index in [9.17, 15) is 80.5 Å². The number of benzene rings is 2. The summed E-state index contributed by atoms with van der Waals surface area (Å²) in [7, 11) is -11.4. The quantitative estimate of drug-likeness (QED) is 0.103. The van der Waals surface area contributed by atoms with Crippen molar-refractivity contribution in [3.8, 4) is 0 Å². The fraction of sp³-hybridized carbons (Fsp3) is 0.125. The Bertz CT molecular complexity index is 1380. The van der Waals surface area contributed by atoms with Crippen LogP contribution in [-0.2, 0) is 29.8 Å². The molecular weight excluding hydrogens is 620 g/mol. The van der Waals surface area contributed by atoms with E-state index < -0.39 is 112 Å². The zero-order valence-electron chi connectivity index (χ0n) is 18.9. The van der Waals surface area contributed by atoms with Gasteiger partial charge in [-0.05, 0) is 0 Å². The van der Waals surface area contributed by atoms with Crippen LogP contribution in [0.5, 0.6) is 0 Å². The molecule has 2 unspecified atom stereocenters. The summed E-state index contributed by atoms with van der Waals surface area (Å²) in [6.07, 6.45) is 0. The molecule has 0 amide bonds. The molecule has 2 rings (SSSR count). The van der Waals surface area contributed by atoms with Crippen LogP contribution in [0.3, 0.4) is 0 Å². The molecule has 40 heavy (non-hydrogen) atoms. The number of carbonyl (C=O) groups is 2. The predicted molar refractivity (Wildman–Crippen MR) is 91.1 cm³/mol. The van der Waals surface area contributed by atoms with E-state index in [1.54, 1.807) is 0 Å². The van der Waals surface area contributed by atoms with Crippen LogP contribution in [-0.4, -0.2) is 37.9 Å². The molecule has 212 valence electrons. The molecule has 2 aromatic carbocycles. The van der Waals surface area contributed by atoms with Gasteiger partial charge in [-0.2, -0.15) is 16.8 Å². The normalized spacial score (nSPS) is 12.7. The molecule has 2 aromatic rings. The van der Waals surface area contributed by atoms with Gasteiger partial charge in [-0.15, -0.1) is 0 Å². The molecule has 0 fully saturated rings. The van der Waals surface area contributed by atoms with E-state index in [1.165, 1.54) is 0 Å². The Morgan fingerprint density at radius 3 is 0.750 bits per heavy atom. The minimum Gasteiger partial charge on any atom is -0.548 e. The van der Waals surface area contributed by atoms with E-state index in [0.717, 1.165) is 0 Å². The van der Waals surface area contributed by atoms with Gasteiger partial charge in [0.05, 0.1) is 23.1 Å². The maximum atomic E-state index is 13.2. The van der Waals surface area contributed by atoms with Gasteiger partial charge in [0.2, 0.25) is 11.6 Å². The first-order chi connectivity index (χ1) is 17.0. The molecule has 2 N–H and O–H groups in total. The van der Waals surface area contributed by atoms with Crippen molar-refractivity contribution in [1.82, 2.24) is 0 Å². The number of carboxylic acid groups (broad SMARTS) is 2. The summed E-state index contributed by atoms with van der Waals surface area (Å²) < 4.78 is 189. The van der Waals surface area contributed by atoms with Crippen LogP contribution in [0.25, 0.3) is 0 Å². The monoisotopic (exact) mass is 624 g/mol. The molecule has 0 aromatic heterocycles. The van der Waals surface area contributed by atoms with Crippen LogP contribution < -0.4 is 47.9 Å². The number of aliphatic carboxylic acids is 2. The standard InChI is InChI=1S/2C8H3F5O5S.2Li/c2*9-2-1(7(8(14)15)19(16,17)18)3(10)5(12)6(13)4(2)11;;/h2*7H,(H,14,15)(H,16,17,18);;/q;;2*+1/p-2. The summed E-state index contributed by atoms with van der Waals surface area (Å²) in [5.41, 5.74) is -4.45. The summed E-state index contributed by atoms with van der Waals surface area (Å²) in [6, 6.07) is 0.